The van der Waals surface area contributed by atoms with E-state index in [-0.39, 0.29) is 0 Å². The highest BCUT2D eigenvalue weighted by atomic mass is 16.5. The van der Waals surface area contributed by atoms with Gasteiger partial charge in [-0.3, -0.25) is 9.80 Å². The lowest BCUT2D eigenvalue weighted by atomic mass is 9.63. The summed E-state index contributed by atoms with van der Waals surface area (Å²) in [5.41, 5.74) is 0. The van der Waals surface area contributed by atoms with Crippen molar-refractivity contribution >= 4 is 0 Å². The van der Waals surface area contributed by atoms with Gasteiger partial charge in [-0.25, -0.2) is 0 Å². The molecule has 0 amide bonds. The minimum Gasteiger partial charge on any atom is -0.374 e. The van der Waals surface area contributed by atoms with E-state index in [4.69, 9.17) is 4.74 Å². The van der Waals surface area contributed by atoms with Gasteiger partial charge in [-0.1, -0.05) is 64.2 Å². The Bertz CT molecular complexity index is 1270. The molecular weight excluding hydrogens is 651 g/mol. The van der Waals surface area contributed by atoms with Crippen LogP contribution in [0.2, 0.25) is 0 Å². The van der Waals surface area contributed by atoms with Gasteiger partial charge in [-0.15, -0.1) is 0 Å². The van der Waals surface area contributed by atoms with Gasteiger partial charge in [-0.2, -0.15) is 5.26 Å². The van der Waals surface area contributed by atoms with E-state index in [9.17, 15) is 5.26 Å². The molecule has 6 nitrogen and oxygen atoms in total. The van der Waals surface area contributed by atoms with Gasteiger partial charge in [0.15, 0.2) is 0 Å². The minimum atomic E-state index is 0.303. The van der Waals surface area contributed by atoms with Gasteiger partial charge in [-0.05, 0) is 138 Å². The first-order chi connectivity index (χ1) is 26.3. The van der Waals surface area contributed by atoms with Crippen molar-refractivity contribution in [2.75, 3.05) is 13.1 Å². The van der Waals surface area contributed by atoms with Crippen LogP contribution in [0.4, 0.5) is 0 Å². The Morgan fingerprint density at radius 3 is 1.45 bits per heavy atom. The molecule has 7 aliphatic carbocycles. The van der Waals surface area contributed by atoms with Crippen LogP contribution in [0.3, 0.4) is 0 Å². The van der Waals surface area contributed by atoms with Crippen molar-refractivity contribution in [3.05, 3.63) is 0 Å². The first kappa shape index (κ1) is 35.5. The van der Waals surface area contributed by atoms with Gasteiger partial charge in [0.2, 0.25) is 0 Å². The van der Waals surface area contributed by atoms with Gasteiger partial charge < -0.3 is 15.4 Å². The highest BCUT2D eigenvalue weighted by Gasteiger charge is 2.66. The Hall–Kier alpha value is -0.710. The van der Waals surface area contributed by atoms with Crippen LogP contribution in [-0.2, 0) is 4.74 Å². The van der Waals surface area contributed by atoms with E-state index < -0.39 is 0 Å². The molecule has 11 aliphatic rings. The molecule has 7 saturated carbocycles. The van der Waals surface area contributed by atoms with Crippen molar-refractivity contribution in [2.45, 2.75) is 215 Å². The lowest BCUT2D eigenvalue weighted by Gasteiger charge is -2.59. The lowest BCUT2D eigenvalue weighted by Crippen LogP contribution is -2.72. The number of hydrogen-bond donors (Lipinski definition) is 2. The SMILES string of the molecule is N#CC1CCC(C2CNC(C3CC4OC5CCCCC5C4C(N4C5CCCCC5C5CCCCC54)C3N3C4CCCCC4C4CCCCC43)NC2)CC1. The van der Waals surface area contributed by atoms with E-state index >= 15 is 0 Å². The summed E-state index contributed by atoms with van der Waals surface area (Å²) in [7, 11) is 0. The standard InChI is InChI=1S/C47H75N5O/c48-26-29-21-23-30(24-22-29)31-27-49-47(50-28-31)37-25-43-44(36-15-5-10-20-42(36)53-43)46(52-40-18-8-3-13-34(40)35-14-4-9-19-41(35)52)45(37)51-38-16-6-1-11-32(38)33-12-2-7-17-39(33)51/h29-47,49-50H,1-25,27-28H2. The van der Waals surface area contributed by atoms with Crippen LogP contribution in [0.15, 0.2) is 0 Å². The van der Waals surface area contributed by atoms with Crippen LogP contribution < -0.4 is 10.6 Å². The van der Waals surface area contributed by atoms with Gasteiger partial charge in [0, 0.05) is 67.1 Å². The first-order valence-electron chi connectivity index (χ1n) is 24.3. The summed E-state index contributed by atoms with van der Waals surface area (Å²) >= 11 is 0. The minimum absolute atomic E-state index is 0.303. The van der Waals surface area contributed by atoms with E-state index in [0.717, 1.165) is 78.4 Å². The number of nitrogens with one attached hydrogen (secondary N) is 2. The fraction of sp³-hybridized carbons (Fsp3) is 0.979. The van der Waals surface area contributed by atoms with Gasteiger partial charge >= 0.3 is 0 Å². The topological polar surface area (TPSA) is 63.6 Å². The maximum atomic E-state index is 9.59. The maximum Gasteiger partial charge on any atom is 0.0655 e. The average Bonchev–Trinajstić information content (AvgIpc) is 3.88. The molecule has 15 atom stereocenters. The predicted molar refractivity (Wildman–Crippen MR) is 211 cm³/mol. The molecule has 294 valence electrons. The molecule has 0 radical (unpaired) electrons. The number of rotatable bonds is 4. The molecule has 0 aromatic heterocycles. The van der Waals surface area contributed by atoms with Crippen LogP contribution in [0.1, 0.15) is 161 Å². The fourth-order valence-corrected chi connectivity index (χ4v) is 17.5. The summed E-state index contributed by atoms with van der Waals surface area (Å²) in [6.07, 6.45) is 36.8. The largest absolute Gasteiger partial charge is 0.374 e. The van der Waals surface area contributed by atoms with E-state index in [1.807, 2.05) is 0 Å². The molecule has 15 unspecified atom stereocenters. The van der Waals surface area contributed by atoms with Gasteiger partial charge in [0.05, 0.1) is 24.4 Å². The Morgan fingerprint density at radius 2 is 0.925 bits per heavy atom. The highest BCUT2D eigenvalue weighted by Crippen LogP contribution is 2.60. The number of nitrogens with zero attached hydrogens (tertiary/aromatic N) is 3. The Kier molecular flexibility index (Phi) is 9.97. The zero-order valence-corrected chi connectivity index (χ0v) is 33.3. The smallest absolute Gasteiger partial charge is 0.0655 e. The molecule has 0 aromatic carbocycles. The summed E-state index contributed by atoms with van der Waals surface area (Å²) in [6.45, 7) is 2.34. The molecular formula is C47H75N5O. The van der Waals surface area contributed by atoms with Gasteiger partial charge in [0.25, 0.3) is 0 Å². The predicted octanol–water partition coefficient (Wildman–Crippen LogP) is 8.65. The molecule has 4 aliphatic heterocycles. The van der Waals surface area contributed by atoms with Crippen LogP contribution in [0.5, 0.6) is 0 Å². The van der Waals surface area contributed by atoms with Crippen molar-refractivity contribution in [3.63, 3.8) is 0 Å². The number of ether oxygens (including phenoxy) is 1. The van der Waals surface area contributed by atoms with Crippen molar-refractivity contribution in [3.8, 4) is 6.07 Å². The average molecular weight is 726 g/mol. The van der Waals surface area contributed by atoms with Crippen molar-refractivity contribution in [1.82, 2.24) is 20.4 Å². The van der Waals surface area contributed by atoms with Crippen molar-refractivity contribution in [1.29, 1.82) is 5.26 Å². The second kappa shape index (κ2) is 14.9. The molecule has 11 rings (SSSR count). The Balaban J connectivity index is 0.996. The van der Waals surface area contributed by atoms with E-state index in [1.54, 1.807) is 0 Å². The fourth-order valence-electron chi connectivity index (χ4n) is 17.5. The van der Waals surface area contributed by atoms with Crippen LogP contribution in [0, 0.1) is 70.5 Å². The third-order valence-electron chi connectivity index (χ3n) is 19.4. The molecule has 0 bridgehead atoms. The number of hydrogen-bond acceptors (Lipinski definition) is 6. The van der Waals surface area contributed by atoms with Crippen molar-refractivity contribution < 1.29 is 4.74 Å². The Labute approximate surface area is 323 Å². The summed E-state index contributed by atoms with van der Waals surface area (Å²) in [5.74, 6) is 7.78. The number of nitriles is 1. The molecule has 11 fully saturated rings. The van der Waals surface area contributed by atoms with Crippen LogP contribution in [0.25, 0.3) is 0 Å². The van der Waals surface area contributed by atoms with Crippen LogP contribution in [-0.4, -0.2) is 77.5 Å². The van der Waals surface area contributed by atoms with E-state index in [2.05, 4.69) is 26.5 Å². The monoisotopic (exact) mass is 726 g/mol. The molecule has 6 heteroatoms. The quantitative estimate of drug-likeness (QED) is 0.303. The zero-order valence-electron chi connectivity index (χ0n) is 33.3. The molecule has 4 heterocycles. The molecule has 0 aromatic rings. The molecule has 4 saturated heterocycles. The summed E-state index contributed by atoms with van der Waals surface area (Å²) < 4.78 is 7.49. The zero-order chi connectivity index (χ0) is 35.0. The highest BCUT2D eigenvalue weighted by molar-refractivity contribution is 5.19. The first-order valence-corrected chi connectivity index (χ1v) is 24.3. The normalized spacial score (nSPS) is 54.4. The second-order valence-electron chi connectivity index (χ2n) is 21.4. The summed E-state index contributed by atoms with van der Waals surface area (Å²) in [5, 5.41) is 18.3. The summed E-state index contributed by atoms with van der Waals surface area (Å²) in [4.78, 5) is 6.90. The van der Waals surface area contributed by atoms with Gasteiger partial charge in [0.1, 0.15) is 0 Å². The van der Waals surface area contributed by atoms with E-state index in [0.29, 0.717) is 48.2 Å². The number of likely N-dealkylation sites (tertiary alicyclic amines) is 2. The maximum absolute atomic E-state index is 9.59. The molecule has 0 spiro atoms. The third kappa shape index (κ3) is 5.99. The van der Waals surface area contributed by atoms with Crippen molar-refractivity contribution in [2.24, 2.45) is 59.2 Å². The lowest BCUT2D eigenvalue weighted by molar-refractivity contribution is -0.117. The van der Waals surface area contributed by atoms with E-state index in [1.165, 1.54) is 161 Å². The Morgan fingerprint density at radius 1 is 0.453 bits per heavy atom. The summed E-state index contributed by atoms with van der Waals surface area (Å²) in [6, 6.07) is 7.25. The molecule has 2 N–H and O–H groups in total. The third-order valence-corrected chi connectivity index (χ3v) is 19.4. The number of fused-ring (bicyclic) bond motifs is 9. The second-order valence-corrected chi connectivity index (χ2v) is 21.4. The molecule has 53 heavy (non-hydrogen) atoms. The van der Waals surface area contributed by atoms with Crippen LogP contribution >= 0.6 is 0 Å².